The molecule has 0 spiro atoms. The molecule has 6 atom stereocenters. The van der Waals surface area contributed by atoms with Gasteiger partial charge in [-0.25, -0.2) is 4.79 Å². The number of hydrogen-bond acceptors (Lipinski definition) is 8. The summed E-state index contributed by atoms with van der Waals surface area (Å²) in [5.41, 5.74) is 0.538. The number of aliphatic hydroxyl groups excluding tert-OH is 3. The Morgan fingerprint density at radius 1 is 1.17 bits per heavy atom. The highest BCUT2D eigenvalue weighted by atomic mass is 16.5. The van der Waals surface area contributed by atoms with Crippen LogP contribution < -0.4 is 5.32 Å². The van der Waals surface area contributed by atoms with Gasteiger partial charge in [-0.3, -0.25) is 19.7 Å². The number of ether oxygens (including phenoxy) is 1. The summed E-state index contributed by atoms with van der Waals surface area (Å²) in [6.07, 6.45) is 5.18. The Morgan fingerprint density at radius 3 is 2.46 bits per heavy atom. The SMILES string of the molecule is C/C(=C\[C@H](C)C(=O)C[C@H](O)CC1CC(=O)NC(=O)C1)[C@@H]1OC(=O)/C=C/CC/C=C/[C@H](O)[C@@H](O)[C@@H]1C. The number of imide groups is 1. The number of carbonyl (C=O) groups excluding carboxylic acids is 4. The van der Waals surface area contributed by atoms with Gasteiger partial charge in [0.2, 0.25) is 11.8 Å². The van der Waals surface area contributed by atoms with Gasteiger partial charge in [-0.15, -0.1) is 0 Å². The van der Waals surface area contributed by atoms with Crippen molar-refractivity contribution in [2.24, 2.45) is 17.8 Å². The third kappa shape index (κ3) is 9.16. The zero-order valence-corrected chi connectivity index (χ0v) is 20.6. The minimum Gasteiger partial charge on any atom is -0.454 e. The lowest BCUT2D eigenvalue weighted by Gasteiger charge is -2.30. The molecule has 2 aliphatic rings. The summed E-state index contributed by atoms with van der Waals surface area (Å²) >= 11 is 0. The van der Waals surface area contributed by atoms with Gasteiger partial charge in [0.15, 0.2) is 0 Å². The zero-order valence-electron chi connectivity index (χ0n) is 20.6. The summed E-state index contributed by atoms with van der Waals surface area (Å²) in [5, 5.41) is 33.5. The Bertz CT molecular complexity index is 861. The van der Waals surface area contributed by atoms with Gasteiger partial charge in [0.1, 0.15) is 11.9 Å². The number of allylic oxidation sites excluding steroid dienone is 3. The lowest BCUT2D eigenvalue weighted by atomic mass is 9.86. The highest BCUT2D eigenvalue weighted by Crippen LogP contribution is 2.26. The van der Waals surface area contributed by atoms with Gasteiger partial charge in [-0.2, -0.15) is 0 Å². The second-order valence-corrected chi connectivity index (χ2v) is 9.61. The smallest absolute Gasteiger partial charge is 0.331 e. The van der Waals surface area contributed by atoms with Gasteiger partial charge in [0.25, 0.3) is 0 Å². The Balaban J connectivity index is 2.07. The maximum absolute atomic E-state index is 12.7. The third-order valence-electron chi connectivity index (χ3n) is 6.44. The third-order valence-corrected chi connectivity index (χ3v) is 6.44. The Kier molecular flexibility index (Phi) is 11.0. The molecule has 2 amide bonds. The number of rotatable bonds is 7. The van der Waals surface area contributed by atoms with Crippen LogP contribution >= 0.6 is 0 Å². The van der Waals surface area contributed by atoms with E-state index in [1.165, 1.54) is 12.2 Å². The van der Waals surface area contributed by atoms with Gasteiger partial charge in [0.05, 0.1) is 18.3 Å². The molecular formula is C26H37NO8. The number of amides is 2. The van der Waals surface area contributed by atoms with Crippen LogP contribution in [0.5, 0.6) is 0 Å². The van der Waals surface area contributed by atoms with E-state index in [1.54, 1.807) is 39.0 Å². The Hall–Kier alpha value is -2.62. The summed E-state index contributed by atoms with van der Waals surface area (Å²) in [4.78, 5) is 48.1. The molecule has 0 unspecified atom stereocenters. The first-order valence-corrected chi connectivity index (χ1v) is 12.1. The van der Waals surface area contributed by atoms with Crippen LogP contribution in [0.3, 0.4) is 0 Å². The molecule has 0 aliphatic carbocycles. The number of cyclic esters (lactones) is 1. The summed E-state index contributed by atoms with van der Waals surface area (Å²) in [5.74, 6) is -3.18. The van der Waals surface area contributed by atoms with Crippen molar-refractivity contribution in [2.45, 2.75) is 83.7 Å². The van der Waals surface area contributed by atoms with Crippen LogP contribution in [0.15, 0.2) is 36.0 Å². The largest absolute Gasteiger partial charge is 0.454 e. The highest BCUT2D eigenvalue weighted by Gasteiger charge is 2.33. The van der Waals surface area contributed by atoms with Gasteiger partial charge in [-0.05, 0) is 37.7 Å². The standard InChI is InChI=1S/C26H37NO8/c1-15(21(30)14-19(28)11-18-12-22(31)27-23(32)13-18)10-16(2)26-17(3)25(34)20(29)8-6-4-5-7-9-24(33)35-26/h6-10,15,17-20,25-26,28-29,34H,4-5,11-14H2,1-3H3,(H,27,31,32)/b8-6+,9-7+,16-10+/t15-,17-,19+,20-,25-,26-/m0/s1. The number of carbonyl (C=O) groups is 4. The van der Waals surface area contributed by atoms with Crippen LogP contribution in [0.1, 0.15) is 59.3 Å². The molecule has 1 saturated heterocycles. The minimum absolute atomic E-state index is 0.133. The van der Waals surface area contributed by atoms with Crippen LogP contribution in [0.2, 0.25) is 0 Å². The van der Waals surface area contributed by atoms with E-state index >= 15 is 0 Å². The zero-order chi connectivity index (χ0) is 26.1. The van der Waals surface area contributed by atoms with Crippen molar-refractivity contribution in [3.8, 4) is 0 Å². The molecule has 2 rings (SSSR count). The predicted molar refractivity (Wildman–Crippen MR) is 128 cm³/mol. The molecule has 0 aromatic rings. The average Bonchev–Trinajstić information content (AvgIpc) is 2.76. The normalized spacial score (nSPS) is 30.8. The molecule has 9 heteroatoms. The molecular weight excluding hydrogens is 454 g/mol. The van der Waals surface area contributed by atoms with E-state index in [0.717, 1.165) is 0 Å². The molecule has 2 aliphatic heterocycles. The fraction of sp³-hybridized carbons (Fsp3) is 0.615. The minimum atomic E-state index is -1.20. The second kappa shape index (κ2) is 13.5. The molecule has 2 heterocycles. The summed E-state index contributed by atoms with van der Waals surface area (Å²) in [6, 6.07) is 0. The van der Waals surface area contributed by atoms with E-state index in [1.807, 2.05) is 0 Å². The first kappa shape index (κ1) is 28.6. The van der Waals surface area contributed by atoms with Crippen LogP contribution in [0.25, 0.3) is 0 Å². The van der Waals surface area contributed by atoms with Gasteiger partial charge >= 0.3 is 5.97 Å². The first-order valence-electron chi connectivity index (χ1n) is 12.1. The van der Waals surface area contributed by atoms with Crippen molar-refractivity contribution in [3.05, 3.63) is 36.0 Å². The Morgan fingerprint density at radius 2 is 1.80 bits per heavy atom. The van der Waals surface area contributed by atoms with Gasteiger partial charge < -0.3 is 20.1 Å². The molecule has 0 aromatic carbocycles. The molecule has 9 nitrogen and oxygen atoms in total. The van der Waals surface area contributed by atoms with E-state index in [4.69, 9.17) is 4.74 Å². The second-order valence-electron chi connectivity index (χ2n) is 9.61. The molecule has 0 radical (unpaired) electrons. The van der Waals surface area contributed by atoms with E-state index in [2.05, 4.69) is 5.32 Å². The maximum atomic E-state index is 12.7. The van der Waals surface area contributed by atoms with Crippen molar-refractivity contribution in [2.75, 3.05) is 0 Å². The summed E-state index contributed by atoms with van der Waals surface area (Å²) in [6.45, 7) is 5.00. The van der Waals surface area contributed by atoms with E-state index in [9.17, 15) is 34.5 Å². The lowest BCUT2D eigenvalue weighted by molar-refractivity contribution is -0.146. The summed E-state index contributed by atoms with van der Waals surface area (Å²) in [7, 11) is 0. The van der Waals surface area contributed by atoms with Crippen molar-refractivity contribution in [1.29, 1.82) is 0 Å². The van der Waals surface area contributed by atoms with Gasteiger partial charge in [0, 0.05) is 37.2 Å². The van der Waals surface area contributed by atoms with E-state index in [0.29, 0.717) is 18.4 Å². The van der Waals surface area contributed by atoms with Crippen LogP contribution in [-0.4, -0.2) is 63.3 Å². The fourth-order valence-corrected chi connectivity index (χ4v) is 4.48. The molecule has 4 N–H and O–H groups in total. The molecule has 0 bridgehead atoms. The molecule has 0 aromatic heterocycles. The van der Waals surface area contributed by atoms with Crippen LogP contribution in [-0.2, 0) is 23.9 Å². The number of piperidine rings is 1. The maximum Gasteiger partial charge on any atom is 0.331 e. The number of Topliss-reactive ketones (excluding diaryl/α,β-unsaturated/α-hetero) is 1. The number of nitrogens with one attached hydrogen (secondary N) is 1. The van der Waals surface area contributed by atoms with Crippen molar-refractivity contribution in [1.82, 2.24) is 5.32 Å². The fourth-order valence-electron chi connectivity index (χ4n) is 4.48. The van der Waals surface area contributed by atoms with Crippen molar-refractivity contribution >= 4 is 23.6 Å². The summed E-state index contributed by atoms with van der Waals surface area (Å²) < 4.78 is 5.58. The van der Waals surface area contributed by atoms with Crippen LogP contribution in [0, 0.1) is 17.8 Å². The number of ketones is 1. The van der Waals surface area contributed by atoms with Crippen molar-refractivity contribution in [3.63, 3.8) is 0 Å². The first-order chi connectivity index (χ1) is 16.5. The predicted octanol–water partition coefficient (Wildman–Crippen LogP) is 1.51. The van der Waals surface area contributed by atoms with Crippen molar-refractivity contribution < 1.29 is 39.2 Å². The number of esters is 1. The number of hydrogen-bond donors (Lipinski definition) is 4. The average molecular weight is 492 g/mol. The Labute approximate surface area is 205 Å². The molecule has 1 fully saturated rings. The molecule has 35 heavy (non-hydrogen) atoms. The van der Waals surface area contributed by atoms with E-state index in [-0.39, 0.29) is 49.2 Å². The number of aliphatic hydroxyl groups is 3. The lowest BCUT2D eigenvalue weighted by Crippen LogP contribution is -2.40. The molecule has 194 valence electrons. The van der Waals surface area contributed by atoms with Gasteiger partial charge in [-0.1, -0.05) is 38.2 Å². The topological polar surface area (TPSA) is 150 Å². The quantitative estimate of drug-likeness (QED) is 0.238. The monoisotopic (exact) mass is 491 g/mol. The van der Waals surface area contributed by atoms with E-state index < -0.39 is 42.2 Å². The molecule has 0 saturated carbocycles. The highest BCUT2D eigenvalue weighted by molar-refractivity contribution is 5.97. The van der Waals surface area contributed by atoms with Crippen LogP contribution in [0.4, 0.5) is 0 Å².